The first-order valence-electron chi connectivity index (χ1n) is 6.85. The number of para-hydroxylation sites is 1. The van der Waals surface area contributed by atoms with Crippen molar-refractivity contribution in [2.24, 2.45) is 0 Å². The largest absolute Gasteiger partial charge is 0.348 e. The second-order valence-corrected chi connectivity index (χ2v) is 4.82. The molecule has 1 aromatic heterocycles. The van der Waals surface area contributed by atoms with Crippen LogP contribution in [0.4, 0.5) is 4.39 Å². The molecule has 0 saturated carbocycles. The molecule has 2 aromatic carbocycles. The van der Waals surface area contributed by atoms with Gasteiger partial charge in [-0.3, -0.25) is 4.79 Å². The smallest absolute Gasteiger partial charge is 0.254 e. The lowest BCUT2D eigenvalue weighted by Gasteiger charge is -2.03. The number of nitrogens with one attached hydrogen (secondary N) is 1. The fourth-order valence-corrected chi connectivity index (χ4v) is 2.05. The van der Waals surface area contributed by atoms with Crippen LogP contribution in [0.2, 0.25) is 0 Å². The minimum atomic E-state index is -0.292. The molecule has 0 bridgehead atoms. The third kappa shape index (κ3) is 3.20. The van der Waals surface area contributed by atoms with E-state index in [1.54, 1.807) is 23.0 Å². The van der Waals surface area contributed by atoms with Crippen LogP contribution < -0.4 is 5.32 Å². The van der Waals surface area contributed by atoms with Crippen LogP contribution in [-0.4, -0.2) is 15.7 Å². The Kier molecular flexibility index (Phi) is 3.96. The Morgan fingerprint density at radius 3 is 2.55 bits per heavy atom. The minimum absolute atomic E-state index is 0.216. The minimum Gasteiger partial charge on any atom is -0.348 e. The maximum atomic E-state index is 12.8. The zero-order valence-corrected chi connectivity index (χ0v) is 11.7. The number of hydrogen-bond acceptors (Lipinski definition) is 2. The third-order valence-corrected chi connectivity index (χ3v) is 3.23. The summed E-state index contributed by atoms with van der Waals surface area (Å²) in [6.07, 6.45) is 3.20. The third-order valence-electron chi connectivity index (χ3n) is 3.23. The first kappa shape index (κ1) is 14.0. The quantitative estimate of drug-likeness (QED) is 0.804. The molecule has 0 atom stereocenters. The van der Waals surface area contributed by atoms with Crippen LogP contribution in [0.25, 0.3) is 5.69 Å². The summed E-state index contributed by atoms with van der Waals surface area (Å²) in [6, 6.07) is 15.6. The van der Waals surface area contributed by atoms with Crippen LogP contribution in [0.1, 0.15) is 15.9 Å². The van der Waals surface area contributed by atoms with Gasteiger partial charge < -0.3 is 5.32 Å². The molecule has 1 amide bonds. The molecule has 0 aliphatic heterocycles. The number of benzene rings is 2. The molecular formula is C17H14FN3O. The van der Waals surface area contributed by atoms with Gasteiger partial charge in [-0.15, -0.1) is 0 Å². The van der Waals surface area contributed by atoms with Crippen LogP contribution >= 0.6 is 0 Å². The van der Waals surface area contributed by atoms with Gasteiger partial charge in [-0.1, -0.05) is 30.3 Å². The van der Waals surface area contributed by atoms with E-state index in [1.807, 2.05) is 30.3 Å². The molecule has 1 heterocycles. The van der Waals surface area contributed by atoms with Gasteiger partial charge in [-0.2, -0.15) is 5.10 Å². The molecular weight excluding hydrogens is 281 g/mol. The van der Waals surface area contributed by atoms with Crippen LogP contribution in [-0.2, 0) is 6.54 Å². The van der Waals surface area contributed by atoms with Crippen LogP contribution in [0.15, 0.2) is 67.0 Å². The van der Waals surface area contributed by atoms with E-state index in [-0.39, 0.29) is 11.7 Å². The van der Waals surface area contributed by atoms with Crippen molar-refractivity contribution in [3.05, 3.63) is 83.9 Å². The van der Waals surface area contributed by atoms with E-state index in [0.29, 0.717) is 12.1 Å². The van der Waals surface area contributed by atoms with E-state index in [1.165, 1.54) is 18.3 Å². The van der Waals surface area contributed by atoms with Crippen LogP contribution in [0, 0.1) is 5.82 Å². The Morgan fingerprint density at radius 2 is 1.82 bits per heavy atom. The number of carbonyl (C=O) groups is 1. The lowest BCUT2D eigenvalue weighted by Crippen LogP contribution is -2.22. The molecule has 0 spiro atoms. The average Bonchev–Trinajstić information content (AvgIpc) is 3.05. The average molecular weight is 295 g/mol. The highest BCUT2D eigenvalue weighted by atomic mass is 19.1. The number of amides is 1. The van der Waals surface area contributed by atoms with Gasteiger partial charge in [0.1, 0.15) is 5.82 Å². The Hall–Kier alpha value is -2.95. The zero-order valence-electron chi connectivity index (χ0n) is 11.7. The summed E-state index contributed by atoms with van der Waals surface area (Å²) in [5.41, 5.74) is 2.20. The Morgan fingerprint density at radius 1 is 1.09 bits per heavy atom. The summed E-state index contributed by atoms with van der Waals surface area (Å²) in [5.74, 6) is -0.509. The SMILES string of the molecule is O=C(NCc1ccc(F)cc1)c1cnn(-c2ccccc2)c1. The first-order chi connectivity index (χ1) is 10.7. The highest BCUT2D eigenvalue weighted by Gasteiger charge is 2.09. The molecule has 22 heavy (non-hydrogen) atoms. The van der Waals surface area contributed by atoms with Crippen molar-refractivity contribution in [1.29, 1.82) is 0 Å². The predicted molar refractivity (Wildman–Crippen MR) is 81.1 cm³/mol. The molecule has 110 valence electrons. The monoisotopic (exact) mass is 295 g/mol. The second-order valence-electron chi connectivity index (χ2n) is 4.82. The Labute approximate surface area is 127 Å². The van der Waals surface area contributed by atoms with Crippen molar-refractivity contribution < 1.29 is 9.18 Å². The number of nitrogens with zero attached hydrogens (tertiary/aromatic N) is 2. The van der Waals surface area contributed by atoms with E-state index >= 15 is 0 Å². The van der Waals surface area contributed by atoms with Crippen molar-refractivity contribution in [3.63, 3.8) is 0 Å². The van der Waals surface area contributed by atoms with Gasteiger partial charge in [0.25, 0.3) is 5.91 Å². The van der Waals surface area contributed by atoms with E-state index in [4.69, 9.17) is 0 Å². The topological polar surface area (TPSA) is 46.9 Å². The first-order valence-corrected chi connectivity index (χ1v) is 6.85. The molecule has 0 aliphatic rings. The van der Waals surface area contributed by atoms with Gasteiger partial charge in [0.05, 0.1) is 17.4 Å². The number of aromatic nitrogens is 2. The van der Waals surface area contributed by atoms with Crippen molar-refractivity contribution in [1.82, 2.24) is 15.1 Å². The standard InChI is InChI=1S/C17H14FN3O/c18-15-8-6-13(7-9-15)10-19-17(22)14-11-20-21(12-14)16-4-2-1-3-5-16/h1-9,11-12H,10H2,(H,19,22). The van der Waals surface area contributed by atoms with E-state index in [2.05, 4.69) is 10.4 Å². The number of hydrogen-bond donors (Lipinski definition) is 1. The van der Waals surface area contributed by atoms with Gasteiger partial charge in [-0.05, 0) is 29.8 Å². The predicted octanol–water partition coefficient (Wildman–Crippen LogP) is 2.94. The molecule has 0 aliphatic carbocycles. The summed E-state index contributed by atoms with van der Waals surface area (Å²) in [4.78, 5) is 12.1. The molecule has 4 nitrogen and oxygen atoms in total. The molecule has 3 rings (SSSR count). The van der Waals surface area contributed by atoms with Gasteiger partial charge >= 0.3 is 0 Å². The van der Waals surface area contributed by atoms with Gasteiger partial charge in [0, 0.05) is 12.7 Å². The summed E-state index contributed by atoms with van der Waals surface area (Å²) in [6.45, 7) is 0.343. The molecule has 5 heteroatoms. The summed E-state index contributed by atoms with van der Waals surface area (Å²) >= 11 is 0. The van der Waals surface area contributed by atoms with Crippen molar-refractivity contribution in [3.8, 4) is 5.69 Å². The lowest BCUT2D eigenvalue weighted by atomic mass is 10.2. The molecule has 0 radical (unpaired) electrons. The molecule has 0 saturated heterocycles. The molecule has 0 unspecified atom stereocenters. The van der Waals surface area contributed by atoms with Gasteiger partial charge in [-0.25, -0.2) is 9.07 Å². The van der Waals surface area contributed by atoms with Crippen molar-refractivity contribution in [2.45, 2.75) is 6.54 Å². The number of halogens is 1. The fraction of sp³-hybridized carbons (Fsp3) is 0.0588. The van der Waals surface area contributed by atoms with E-state index in [0.717, 1.165) is 11.3 Å². The van der Waals surface area contributed by atoms with Crippen LogP contribution in [0.3, 0.4) is 0 Å². The summed E-state index contributed by atoms with van der Waals surface area (Å²) in [5, 5.41) is 6.97. The molecule has 1 N–H and O–H groups in total. The summed E-state index contributed by atoms with van der Waals surface area (Å²) in [7, 11) is 0. The Balaban J connectivity index is 1.66. The highest BCUT2D eigenvalue weighted by molar-refractivity contribution is 5.93. The fourth-order valence-electron chi connectivity index (χ4n) is 2.05. The zero-order chi connectivity index (χ0) is 15.4. The van der Waals surface area contributed by atoms with Crippen LogP contribution in [0.5, 0.6) is 0 Å². The van der Waals surface area contributed by atoms with E-state index in [9.17, 15) is 9.18 Å². The maximum absolute atomic E-state index is 12.8. The van der Waals surface area contributed by atoms with Gasteiger partial charge in [0.2, 0.25) is 0 Å². The van der Waals surface area contributed by atoms with Crippen molar-refractivity contribution in [2.75, 3.05) is 0 Å². The molecule has 0 fully saturated rings. The number of rotatable bonds is 4. The normalized spacial score (nSPS) is 10.4. The second kappa shape index (κ2) is 6.22. The number of carbonyl (C=O) groups excluding carboxylic acids is 1. The highest BCUT2D eigenvalue weighted by Crippen LogP contribution is 2.08. The van der Waals surface area contributed by atoms with Crippen molar-refractivity contribution >= 4 is 5.91 Å². The van der Waals surface area contributed by atoms with Gasteiger partial charge in [0.15, 0.2) is 0 Å². The Bertz CT molecular complexity index is 766. The van der Waals surface area contributed by atoms with E-state index < -0.39 is 0 Å². The molecule has 3 aromatic rings. The lowest BCUT2D eigenvalue weighted by molar-refractivity contribution is 0.0951. The summed E-state index contributed by atoms with van der Waals surface area (Å²) < 4.78 is 14.5. The maximum Gasteiger partial charge on any atom is 0.254 e.